The minimum Gasteiger partial charge on any atom is -0.346 e. The minimum absolute atomic E-state index is 0.0387. The van der Waals surface area contributed by atoms with E-state index in [4.69, 9.17) is 0 Å². The summed E-state index contributed by atoms with van der Waals surface area (Å²) < 4.78 is 40.5. The minimum atomic E-state index is -4.07. The first-order valence-corrected chi connectivity index (χ1v) is 10.1. The first-order valence-electron chi connectivity index (χ1n) is 8.58. The largest absolute Gasteiger partial charge is 0.346 e. The van der Waals surface area contributed by atoms with Crippen molar-refractivity contribution in [3.05, 3.63) is 77.6 Å². The summed E-state index contributed by atoms with van der Waals surface area (Å²) in [4.78, 5) is 11.9. The Balaban J connectivity index is 2.20. The number of halogens is 1. The Hall–Kier alpha value is -2.51. The van der Waals surface area contributed by atoms with Crippen molar-refractivity contribution in [1.82, 2.24) is 10.0 Å². The Kier molecular flexibility index (Phi) is 6.87. The van der Waals surface area contributed by atoms with Gasteiger partial charge in [-0.05, 0) is 42.7 Å². The predicted octanol–water partition coefficient (Wildman–Crippen LogP) is 3.34. The lowest BCUT2D eigenvalue weighted by atomic mass is 10.0. The standard InChI is InChI=1S/C20H23FN2O3S/c1-4-12-22-27(25,26)19-13-17(10-11-18(19)21)20(24)23-14(3)16-8-6-15(5-2)7-9-16/h4,6-11,13-14,22H,1,5,12H2,2-3H3,(H,23,24)/t14-/m1/s1. The fourth-order valence-electron chi connectivity index (χ4n) is 2.50. The van der Waals surface area contributed by atoms with Gasteiger partial charge in [-0.25, -0.2) is 17.5 Å². The Labute approximate surface area is 159 Å². The van der Waals surface area contributed by atoms with E-state index < -0.39 is 26.6 Å². The fourth-order valence-corrected chi connectivity index (χ4v) is 3.60. The lowest BCUT2D eigenvalue weighted by molar-refractivity contribution is 0.0939. The normalized spacial score (nSPS) is 12.4. The van der Waals surface area contributed by atoms with Gasteiger partial charge in [-0.15, -0.1) is 6.58 Å². The zero-order valence-corrected chi connectivity index (χ0v) is 16.1. The van der Waals surface area contributed by atoms with Gasteiger partial charge < -0.3 is 5.32 Å². The lowest BCUT2D eigenvalue weighted by Gasteiger charge is -2.15. The van der Waals surface area contributed by atoms with Crippen LogP contribution in [0.4, 0.5) is 4.39 Å². The summed E-state index contributed by atoms with van der Waals surface area (Å²) in [6.45, 7) is 7.26. The van der Waals surface area contributed by atoms with Gasteiger partial charge in [0.1, 0.15) is 10.7 Å². The maximum Gasteiger partial charge on any atom is 0.251 e. The Morgan fingerprint density at radius 3 is 2.48 bits per heavy atom. The molecule has 0 aliphatic rings. The van der Waals surface area contributed by atoms with Gasteiger partial charge in [0.2, 0.25) is 10.0 Å². The third-order valence-electron chi connectivity index (χ3n) is 4.14. The highest BCUT2D eigenvalue weighted by Gasteiger charge is 2.21. The third-order valence-corrected chi connectivity index (χ3v) is 5.57. The zero-order valence-electron chi connectivity index (χ0n) is 15.3. The van der Waals surface area contributed by atoms with Crippen molar-refractivity contribution < 1.29 is 17.6 Å². The monoisotopic (exact) mass is 390 g/mol. The molecule has 0 fully saturated rings. The SMILES string of the molecule is C=CCNS(=O)(=O)c1cc(C(=O)N[C@H](C)c2ccc(CC)cc2)ccc1F. The van der Waals surface area contributed by atoms with E-state index in [-0.39, 0.29) is 18.2 Å². The number of hydrogen-bond donors (Lipinski definition) is 2. The molecular formula is C20H23FN2O3S. The number of carbonyl (C=O) groups excluding carboxylic acids is 1. The summed E-state index contributed by atoms with van der Waals surface area (Å²) in [6.07, 6.45) is 2.27. The molecule has 0 unspecified atom stereocenters. The van der Waals surface area contributed by atoms with Crippen molar-refractivity contribution in [3.63, 3.8) is 0 Å². The van der Waals surface area contributed by atoms with Crippen molar-refractivity contribution >= 4 is 15.9 Å². The maximum atomic E-state index is 14.0. The quantitative estimate of drug-likeness (QED) is 0.679. The lowest BCUT2D eigenvalue weighted by Crippen LogP contribution is -2.28. The highest BCUT2D eigenvalue weighted by atomic mass is 32.2. The van der Waals surface area contributed by atoms with Crippen LogP contribution in [0, 0.1) is 5.82 Å². The molecule has 2 N–H and O–H groups in total. The topological polar surface area (TPSA) is 75.3 Å². The molecule has 0 aliphatic heterocycles. The van der Waals surface area contributed by atoms with Crippen LogP contribution in [0.15, 0.2) is 60.0 Å². The molecule has 0 spiro atoms. The van der Waals surface area contributed by atoms with Gasteiger partial charge in [-0.2, -0.15) is 0 Å². The first kappa shape index (κ1) is 20.8. The van der Waals surface area contributed by atoms with Gasteiger partial charge in [0.25, 0.3) is 5.91 Å². The Morgan fingerprint density at radius 1 is 1.22 bits per heavy atom. The molecule has 2 aromatic carbocycles. The second kappa shape index (κ2) is 8.92. The Morgan fingerprint density at radius 2 is 1.89 bits per heavy atom. The molecule has 7 heteroatoms. The van der Waals surface area contributed by atoms with Gasteiger partial charge in [0.05, 0.1) is 6.04 Å². The van der Waals surface area contributed by atoms with Crippen molar-refractivity contribution in [1.29, 1.82) is 0 Å². The molecule has 0 aliphatic carbocycles. The number of nitrogens with one attached hydrogen (secondary N) is 2. The maximum absolute atomic E-state index is 14.0. The van der Waals surface area contributed by atoms with Crippen LogP contribution in [-0.4, -0.2) is 20.9 Å². The highest BCUT2D eigenvalue weighted by Crippen LogP contribution is 2.18. The molecule has 0 bridgehead atoms. The van der Waals surface area contributed by atoms with E-state index in [9.17, 15) is 17.6 Å². The second-order valence-corrected chi connectivity index (χ2v) is 7.81. The first-order chi connectivity index (χ1) is 12.8. The molecule has 0 heterocycles. The van der Waals surface area contributed by atoms with Crippen LogP contribution >= 0.6 is 0 Å². The van der Waals surface area contributed by atoms with Gasteiger partial charge >= 0.3 is 0 Å². The summed E-state index contributed by atoms with van der Waals surface area (Å²) in [5, 5.41) is 2.80. The van der Waals surface area contributed by atoms with E-state index in [1.165, 1.54) is 17.7 Å². The Bertz CT molecular complexity index is 925. The van der Waals surface area contributed by atoms with Crippen LogP contribution in [-0.2, 0) is 16.4 Å². The van der Waals surface area contributed by atoms with Crippen LogP contribution in [0.3, 0.4) is 0 Å². The van der Waals surface area contributed by atoms with Gasteiger partial charge in [-0.3, -0.25) is 4.79 Å². The van der Waals surface area contributed by atoms with Crippen molar-refractivity contribution in [3.8, 4) is 0 Å². The number of amides is 1. The number of hydrogen-bond acceptors (Lipinski definition) is 3. The van der Waals surface area contributed by atoms with Crippen LogP contribution in [0.5, 0.6) is 0 Å². The molecule has 0 saturated heterocycles. The second-order valence-electron chi connectivity index (χ2n) is 6.08. The molecule has 2 aromatic rings. The van der Waals surface area contributed by atoms with Crippen molar-refractivity contribution in [2.75, 3.05) is 6.54 Å². The molecular weight excluding hydrogens is 367 g/mol. The van der Waals surface area contributed by atoms with Crippen molar-refractivity contribution in [2.24, 2.45) is 0 Å². The third kappa shape index (κ3) is 5.24. The van der Waals surface area contributed by atoms with Crippen LogP contribution in [0.1, 0.15) is 41.4 Å². The average Bonchev–Trinajstić information content (AvgIpc) is 2.66. The molecule has 0 aromatic heterocycles. The summed E-state index contributed by atoms with van der Waals surface area (Å²) in [5.41, 5.74) is 2.17. The average molecular weight is 390 g/mol. The summed E-state index contributed by atoms with van der Waals surface area (Å²) in [6, 6.07) is 10.8. The molecule has 0 radical (unpaired) electrons. The van der Waals surface area contributed by atoms with Gasteiger partial charge in [0, 0.05) is 12.1 Å². The van der Waals surface area contributed by atoms with E-state index in [0.717, 1.165) is 24.1 Å². The van der Waals surface area contributed by atoms with Crippen molar-refractivity contribution in [2.45, 2.75) is 31.2 Å². The van der Waals surface area contributed by atoms with E-state index in [2.05, 4.69) is 23.5 Å². The van der Waals surface area contributed by atoms with Crippen LogP contribution in [0.2, 0.25) is 0 Å². The van der Waals surface area contributed by atoms with Gasteiger partial charge in [0.15, 0.2) is 0 Å². The number of carbonyl (C=O) groups is 1. The smallest absolute Gasteiger partial charge is 0.251 e. The molecule has 1 atom stereocenters. The van der Waals surface area contributed by atoms with Gasteiger partial charge in [-0.1, -0.05) is 37.3 Å². The van der Waals surface area contributed by atoms with E-state index in [1.807, 2.05) is 31.2 Å². The van der Waals surface area contributed by atoms with E-state index in [1.54, 1.807) is 0 Å². The van der Waals surface area contributed by atoms with Crippen LogP contribution in [0.25, 0.3) is 0 Å². The number of rotatable bonds is 8. The molecule has 144 valence electrons. The van der Waals surface area contributed by atoms with E-state index in [0.29, 0.717) is 0 Å². The highest BCUT2D eigenvalue weighted by molar-refractivity contribution is 7.89. The number of aryl methyl sites for hydroxylation is 1. The molecule has 0 saturated carbocycles. The number of sulfonamides is 1. The van der Waals surface area contributed by atoms with Crippen LogP contribution < -0.4 is 10.0 Å². The van der Waals surface area contributed by atoms with E-state index >= 15 is 0 Å². The summed E-state index contributed by atoms with van der Waals surface area (Å²) >= 11 is 0. The molecule has 5 nitrogen and oxygen atoms in total. The number of benzene rings is 2. The fraction of sp³-hybridized carbons (Fsp3) is 0.250. The molecule has 2 rings (SSSR count). The predicted molar refractivity (Wildman–Crippen MR) is 103 cm³/mol. The molecule has 27 heavy (non-hydrogen) atoms. The summed E-state index contributed by atoms with van der Waals surface area (Å²) in [5.74, 6) is -1.41. The summed E-state index contributed by atoms with van der Waals surface area (Å²) in [7, 11) is -4.07. The molecule has 1 amide bonds. The zero-order chi connectivity index (χ0) is 20.0.